The zero-order valence-corrected chi connectivity index (χ0v) is 18.8. The highest BCUT2D eigenvalue weighted by Crippen LogP contribution is 2.28. The van der Waals surface area contributed by atoms with Crippen LogP contribution in [0.3, 0.4) is 0 Å². The number of aromatic amines is 1. The molecule has 1 fully saturated rings. The van der Waals surface area contributed by atoms with Crippen LogP contribution in [-0.2, 0) is 11.3 Å². The fraction of sp³-hybridized carbons (Fsp3) is 0.478. The molecule has 0 saturated carbocycles. The summed E-state index contributed by atoms with van der Waals surface area (Å²) in [7, 11) is 0. The summed E-state index contributed by atoms with van der Waals surface area (Å²) in [5.74, 6) is 0.129. The highest BCUT2D eigenvalue weighted by molar-refractivity contribution is 5.90. The van der Waals surface area contributed by atoms with Crippen LogP contribution in [0.25, 0.3) is 28.1 Å². The third-order valence-corrected chi connectivity index (χ3v) is 5.81. The number of H-pyrrole nitrogens is 1. The molecule has 3 aromatic rings. The van der Waals surface area contributed by atoms with Crippen LogP contribution in [0.1, 0.15) is 46.1 Å². The first kappa shape index (κ1) is 21.1. The molecule has 0 radical (unpaired) electrons. The van der Waals surface area contributed by atoms with Gasteiger partial charge in [0.15, 0.2) is 5.65 Å². The molecule has 1 atom stereocenters. The first-order valence-electron chi connectivity index (χ1n) is 10.9. The van der Waals surface area contributed by atoms with Crippen LogP contribution in [0.2, 0.25) is 0 Å². The molecule has 4 rings (SSSR count). The van der Waals surface area contributed by atoms with Crippen molar-refractivity contribution in [1.29, 1.82) is 0 Å². The van der Waals surface area contributed by atoms with E-state index in [0.717, 1.165) is 54.8 Å². The lowest BCUT2D eigenvalue weighted by atomic mass is 9.85. The lowest BCUT2D eigenvalue weighted by Gasteiger charge is -2.34. The fourth-order valence-electron chi connectivity index (χ4n) is 3.95. The van der Waals surface area contributed by atoms with Gasteiger partial charge >= 0.3 is 0 Å². The van der Waals surface area contributed by atoms with Crippen molar-refractivity contribution in [1.82, 2.24) is 34.9 Å². The van der Waals surface area contributed by atoms with E-state index in [2.05, 4.69) is 47.7 Å². The van der Waals surface area contributed by atoms with Gasteiger partial charge in [-0.25, -0.2) is 9.97 Å². The minimum absolute atomic E-state index is 0.129. The molecule has 0 aliphatic carbocycles. The number of rotatable bonds is 6. The van der Waals surface area contributed by atoms with Crippen LogP contribution in [0, 0.1) is 5.41 Å². The van der Waals surface area contributed by atoms with Crippen molar-refractivity contribution in [3.05, 3.63) is 36.9 Å². The zero-order valence-electron chi connectivity index (χ0n) is 18.8. The normalized spacial score (nSPS) is 15.4. The Morgan fingerprint density at radius 1 is 1.29 bits per heavy atom. The number of aromatic nitrogens is 5. The van der Waals surface area contributed by atoms with Crippen LogP contribution < -0.4 is 5.32 Å². The number of nitrogens with zero attached hydrogens (tertiary/aromatic N) is 5. The summed E-state index contributed by atoms with van der Waals surface area (Å²) in [6.45, 7) is 15.0. The van der Waals surface area contributed by atoms with Crippen molar-refractivity contribution in [3.63, 3.8) is 0 Å². The summed E-state index contributed by atoms with van der Waals surface area (Å²) in [6.07, 6.45) is 9.48. The van der Waals surface area contributed by atoms with Gasteiger partial charge in [-0.05, 0) is 25.2 Å². The molecule has 2 N–H and O–H groups in total. The average Bonchev–Trinajstić information content (AvgIpc) is 3.50. The van der Waals surface area contributed by atoms with Crippen LogP contribution >= 0.6 is 0 Å². The van der Waals surface area contributed by atoms with Crippen molar-refractivity contribution in [2.45, 2.75) is 53.1 Å². The van der Waals surface area contributed by atoms with Crippen LogP contribution in [0.5, 0.6) is 0 Å². The molecule has 31 heavy (non-hydrogen) atoms. The van der Waals surface area contributed by atoms with E-state index in [1.165, 1.54) is 0 Å². The molecule has 0 bridgehead atoms. The summed E-state index contributed by atoms with van der Waals surface area (Å²) in [4.78, 5) is 27.7. The Labute approximate surface area is 182 Å². The third-order valence-electron chi connectivity index (χ3n) is 5.81. The standard InChI is InChI=1S/C23H31N7O/c1-6-30-14-16(11-26-30)18-13-25-21-19(28-18)17(12-24-21)15(2)27-20(23(3,4)5)22(31)29-9-7-8-10-29/h11-14,20,27H,2,6-10H2,1,3-5H3,(H,24,25). The second-order valence-corrected chi connectivity index (χ2v) is 9.19. The van der Waals surface area contributed by atoms with Crippen LogP contribution in [0.4, 0.5) is 0 Å². The largest absolute Gasteiger partial charge is 0.373 e. The van der Waals surface area contributed by atoms with Gasteiger partial charge in [0.05, 0.1) is 18.1 Å². The number of hydrogen-bond acceptors (Lipinski definition) is 5. The highest BCUT2D eigenvalue weighted by Gasteiger charge is 2.35. The van der Waals surface area contributed by atoms with Crippen molar-refractivity contribution in [2.24, 2.45) is 5.41 Å². The molecule has 164 valence electrons. The summed E-state index contributed by atoms with van der Waals surface area (Å²) < 4.78 is 1.86. The Bertz CT molecular complexity index is 1100. The maximum atomic E-state index is 13.2. The smallest absolute Gasteiger partial charge is 0.245 e. The first-order chi connectivity index (χ1) is 14.8. The minimum Gasteiger partial charge on any atom is -0.373 e. The minimum atomic E-state index is -0.373. The van der Waals surface area contributed by atoms with E-state index < -0.39 is 0 Å². The van der Waals surface area contributed by atoms with Gasteiger partial charge in [0.1, 0.15) is 11.6 Å². The van der Waals surface area contributed by atoms with Gasteiger partial charge < -0.3 is 15.2 Å². The van der Waals surface area contributed by atoms with E-state index >= 15 is 0 Å². The van der Waals surface area contributed by atoms with Crippen LogP contribution in [-0.4, -0.2) is 54.7 Å². The average molecular weight is 422 g/mol. The topological polar surface area (TPSA) is 91.7 Å². The lowest BCUT2D eigenvalue weighted by molar-refractivity contribution is -0.134. The quantitative estimate of drug-likeness (QED) is 0.636. The molecule has 8 heteroatoms. The fourth-order valence-corrected chi connectivity index (χ4v) is 3.95. The Hall–Kier alpha value is -3.16. The lowest BCUT2D eigenvalue weighted by Crippen LogP contribution is -2.51. The van der Waals surface area contributed by atoms with Crippen LogP contribution in [0.15, 0.2) is 31.4 Å². The van der Waals surface area contributed by atoms with E-state index in [9.17, 15) is 4.79 Å². The van der Waals surface area contributed by atoms with Crippen molar-refractivity contribution in [2.75, 3.05) is 13.1 Å². The maximum absolute atomic E-state index is 13.2. The third kappa shape index (κ3) is 4.19. The molecule has 1 aliphatic rings. The summed E-state index contributed by atoms with van der Waals surface area (Å²) in [5.41, 5.74) is 4.29. The molecule has 1 unspecified atom stereocenters. The Balaban J connectivity index is 1.63. The number of likely N-dealkylation sites (tertiary alicyclic amines) is 1. The SMILES string of the molecule is C=C(NC(C(=O)N1CCCC1)C(C)(C)C)c1c[nH]c2ncc(-c3cnn(CC)c3)nc12. The second-order valence-electron chi connectivity index (χ2n) is 9.19. The van der Waals surface area contributed by atoms with Gasteiger partial charge in [-0.2, -0.15) is 5.10 Å². The predicted molar refractivity (Wildman–Crippen MR) is 122 cm³/mol. The molecule has 4 heterocycles. The van der Waals surface area contributed by atoms with E-state index in [1.54, 1.807) is 12.4 Å². The van der Waals surface area contributed by atoms with Gasteiger partial charge in [0.25, 0.3) is 0 Å². The number of amides is 1. The number of fused-ring (bicyclic) bond motifs is 1. The zero-order chi connectivity index (χ0) is 22.2. The van der Waals surface area contributed by atoms with E-state index in [4.69, 9.17) is 4.98 Å². The van der Waals surface area contributed by atoms with Gasteiger partial charge in [-0.15, -0.1) is 0 Å². The molecule has 1 aliphatic heterocycles. The molecule has 1 saturated heterocycles. The Morgan fingerprint density at radius 3 is 2.68 bits per heavy atom. The van der Waals surface area contributed by atoms with Crippen molar-refractivity contribution in [3.8, 4) is 11.3 Å². The predicted octanol–water partition coefficient (Wildman–Crippen LogP) is 3.44. The molecule has 3 aromatic heterocycles. The summed E-state index contributed by atoms with van der Waals surface area (Å²) in [6, 6.07) is -0.373. The maximum Gasteiger partial charge on any atom is 0.245 e. The summed E-state index contributed by atoms with van der Waals surface area (Å²) >= 11 is 0. The van der Waals surface area contributed by atoms with Gasteiger partial charge in [0, 0.05) is 48.9 Å². The van der Waals surface area contributed by atoms with E-state index in [1.807, 2.05) is 28.9 Å². The van der Waals surface area contributed by atoms with Crippen molar-refractivity contribution >= 4 is 22.8 Å². The molecule has 8 nitrogen and oxygen atoms in total. The molecule has 0 aromatic carbocycles. The molecule has 1 amide bonds. The number of carbonyl (C=O) groups is 1. The first-order valence-corrected chi connectivity index (χ1v) is 10.9. The Kier molecular flexibility index (Phi) is 5.56. The van der Waals surface area contributed by atoms with E-state index in [-0.39, 0.29) is 17.4 Å². The number of carbonyl (C=O) groups excluding carboxylic acids is 1. The molecular formula is C23H31N7O. The van der Waals surface area contributed by atoms with Crippen molar-refractivity contribution < 1.29 is 4.79 Å². The Morgan fingerprint density at radius 2 is 2.03 bits per heavy atom. The second kappa shape index (κ2) is 8.17. The number of aryl methyl sites for hydroxylation is 1. The van der Waals surface area contributed by atoms with Gasteiger partial charge in [-0.1, -0.05) is 27.4 Å². The summed E-state index contributed by atoms with van der Waals surface area (Å²) in [5, 5.41) is 7.74. The number of nitrogens with one attached hydrogen (secondary N) is 2. The van der Waals surface area contributed by atoms with Gasteiger partial charge in [-0.3, -0.25) is 9.48 Å². The highest BCUT2D eigenvalue weighted by atomic mass is 16.2. The monoisotopic (exact) mass is 421 g/mol. The van der Waals surface area contributed by atoms with Gasteiger partial charge in [0.2, 0.25) is 5.91 Å². The molecule has 0 spiro atoms. The number of hydrogen-bond donors (Lipinski definition) is 2. The molecular weight excluding hydrogens is 390 g/mol. The van der Waals surface area contributed by atoms with E-state index in [0.29, 0.717) is 11.3 Å².